The summed E-state index contributed by atoms with van der Waals surface area (Å²) in [6.45, 7) is 38.0. The van der Waals surface area contributed by atoms with Gasteiger partial charge in [0.25, 0.3) is 0 Å². The highest BCUT2D eigenvalue weighted by Crippen LogP contribution is 2.36. The zero-order valence-corrected chi connectivity index (χ0v) is 83.2. The van der Waals surface area contributed by atoms with E-state index in [9.17, 15) is 14.4 Å². The number of benzene rings is 11. The summed E-state index contributed by atoms with van der Waals surface area (Å²) in [6.07, 6.45) is 0.666. The third-order valence-electron chi connectivity index (χ3n) is 22.0. The number of nitrogens with two attached hydrogens (primary N) is 3. The summed E-state index contributed by atoms with van der Waals surface area (Å²) in [6, 6.07) is 53.1. The molecule has 0 saturated heterocycles. The zero-order valence-electron chi connectivity index (χ0n) is 80.7. The molecule has 0 fully saturated rings. The number of carbonyl (C=O) groups excluding carboxylic acids is 3. The van der Waals surface area contributed by atoms with E-state index in [1.54, 1.807) is 74.9 Å². The predicted molar refractivity (Wildman–Crippen MR) is 556 cm³/mol. The van der Waals surface area contributed by atoms with Crippen LogP contribution >= 0.6 is 36.7 Å². The number of nitrogens with one attached hydrogen (secondary N) is 6. The van der Waals surface area contributed by atoms with E-state index in [0.29, 0.717) is 57.9 Å². The number of halogens is 6. The summed E-state index contributed by atoms with van der Waals surface area (Å²) < 4.78 is 113. The molecule has 702 valence electrons. The first-order valence-electron chi connectivity index (χ1n) is 44.0. The fourth-order valence-corrected chi connectivity index (χ4v) is 14.6. The van der Waals surface area contributed by atoms with E-state index in [-0.39, 0.29) is 77.2 Å². The molecule has 0 unspecified atom stereocenters. The van der Waals surface area contributed by atoms with Crippen LogP contribution in [0.2, 0.25) is 0 Å². The Morgan fingerprint density at radius 2 is 0.540 bits per heavy atom. The molecular formula is C114H111F6N9O5S3. The molecule has 0 aromatic heterocycles. The van der Waals surface area contributed by atoms with Crippen LogP contribution in [0, 0.1) is 113 Å². The maximum absolute atomic E-state index is 17.4. The Morgan fingerprint density at radius 3 is 0.803 bits per heavy atom. The van der Waals surface area contributed by atoms with Gasteiger partial charge in [0.2, 0.25) is 5.91 Å². The maximum Gasteiger partial charge on any atom is 0.316 e. The number of ether oxygens (including phenoxy) is 2. The fraction of sp³-hybridized carbons (Fsp3) is 0.263. The van der Waals surface area contributed by atoms with E-state index in [0.717, 1.165) is 66.4 Å². The highest BCUT2D eigenvalue weighted by molar-refractivity contribution is 7.81. The Kier molecular flexibility index (Phi) is 33.5. The predicted octanol–water partition coefficient (Wildman–Crippen LogP) is 24.5. The molecule has 11 aromatic rings. The Morgan fingerprint density at radius 1 is 0.299 bits per heavy atom. The number of urea groups is 2. The van der Waals surface area contributed by atoms with Crippen LogP contribution in [0.25, 0.3) is 0 Å². The van der Waals surface area contributed by atoms with Crippen molar-refractivity contribution >= 4 is 104 Å². The summed E-state index contributed by atoms with van der Waals surface area (Å²) in [7, 11) is 3.20. The average molecular weight is 1900 g/mol. The van der Waals surface area contributed by atoms with Crippen LogP contribution < -0.4 is 58.6 Å². The minimum atomic E-state index is -1.41. The number of rotatable bonds is 14. The third kappa shape index (κ3) is 28.3. The molecule has 14 nitrogen and oxygen atoms in total. The molecule has 11 aromatic carbocycles. The van der Waals surface area contributed by atoms with Gasteiger partial charge in [-0.1, -0.05) is 286 Å². The van der Waals surface area contributed by atoms with Crippen LogP contribution in [0.1, 0.15) is 247 Å². The second-order valence-electron chi connectivity index (χ2n) is 39.0. The van der Waals surface area contributed by atoms with Gasteiger partial charge in [0.15, 0.2) is 45.1 Å². The number of primary amides is 3. The second-order valence-corrected chi connectivity index (χ2v) is 40.4. The van der Waals surface area contributed by atoms with Gasteiger partial charge in [-0.2, -0.15) is 0 Å². The largest absolute Gasteiger partial charge is 0.497 e. The van der Waals surface area contributed by atoms with Crippen LogP contribution in [0.3, 0.4) is 0 Å². The van der Waals surface area contributed by atoms with Crippen LogP contribution in [-0.4, -0.2) is 47.3 Å². The lowest BCUT2D eigenvalue weighted by Crippen LogP contribution is -2.20. The van der Waals surface area contributed by atoms with Crippen molar-refractivity contribution in [1.29, 1.82) is 0 Å². The van der Waals surface area contributed by atoms with Gasteiger partial charge in [0.1, 0.15) is 11.5 Å². The molecule has 5 amide bonds. The zero-order chi connectivity index (χ0) is 101. The molecular weight excluding hydrogens is 1790 g/mol. The normalized spacial score (nSPS) is 11.2. The van der Waals surface area contributed by atoms with Crippen molar-refractivity contribution in [1.82, 2.24) is 0 Å². The van der Waals surface area contributed by atoms with Gasteiger partial charge in [-0.3, -0.25) is 4.79 Å². The molecule has 12 N–H and O–H groups in total. The molecule has 0 bridgehead atoms. The van der Waals surface area contributed by atoms with Crippen molar-refractivity contribution in [2.75, 3.05) is 46.1 Å². The number of aryl methyl sites for hydroxylation is 1. The average Bonchev–Trinajstić information content (AvgIpc) is 0.774. The Hall–Kier alpha value is -14.6. The Bertz CT molecular complexity index is 6530. The van der Waals surface area contributed by atoms with Crippen molar-refractivity contribution in [3.05, 3.63) is 339 Å². The first-order valence-corrected chi connectivity index (χ1v) is 45.2. The molecule has 0 aliphatic carbocycles. The van der Waals surface area contributed by atoms with Gasteiger partial charge >= 0.3 is 12.1 Å². The standard InChI is InChI=1S/C68H65F3N4O2S3.C46H46F3N5O3/c1-42-13-24-51(25-14-42)72-64(79)74-59-35-22-49(67(5,6)7)39-46(59)19-33-57-61(69)56(32-18-44-38-48(66(2,3)4)21-17-45(44)41-55(78)37-43-15-28-53(76-11)29-16-43)62(70)58(63(57)71)34-20-47-40-50(68(8,9)10)23-36-60(47)75-65(80)73-52-26-30-54(77-12)31-27-52;1-44(2,3)30-14-10-27(25-38(50)55)26(22-30)11-17-33-39(47)34(18-12-28-23-31(45(4,5)6)15-20-36(28)53-42(51)56)41(49)35(40(33)48)19-13-29-24-32(46(7,8)9)16-21-37(29)54-43(52)57/h13-17,21-31,35-36,38-40H,37,41H2,1-12H3,(H2,72,74,79)(H2,73,75,80);10,14-16,20-24H,25H2,1-9H3,(H2,50,55)(H3,51,53,56)(H3,52,54,57). The highest BCUT2D eigenvalue weighted by Gasteiger charge is 2.29. The molecule has 0 aliphatic rings. The number of amides is 5. The van der Waals surface area contributed by atoms with Crippen LogP contribution in [0.4, 0.5) is 70.1 Å². The molecule has 0 heterocycles. The van der Waals surface area contributed by atoms with Crippen LogP contribution in [-0.2, 0) is 56.5 Å². The van der Waals surface area contributed by atoms with Gasteiger partial charge in [-0.25, -0.2) is 35.9 Å². The summed E-state index contributed by atoms with van der Waals surface area (Å²) in [5, 5.41) is 18.2. The number of anilines is 6. The summed E-state index contributed by atoms with van der Waals surface area (Å²) in [4.78, 5) is 36.3. The van der Waals surface area contributed by atoms with Crippen LogP contribution in [0.5, 0.6) is 11.5 Å². The second kappa shape index (κ2) is 43.8. The quantitative estimate of drug-likeness (QED) is 0.0282. The van der Waals surface area contributed by atoms with Gasteiger partial charge in [-0.15, -0.1) is 0 Å². The van der Waals surface area contributed by atoms with Gasteiger partial charge in [0.05, 0.1) is 76.8 Å². The molecule has 11 rings (SSSR count). The number of carbonyl (C=O) groups is 3. The van der Waals surface area contributed by atoms with Crippen molar-refractivity contribution in [2.24, 2.45) is 17.2 Å². The van der Waals surface area contributed by atoms with E-state index in [4.69, 9.17) is 63.3 Å². The van der Waals surface area contributed by atoms with Gasteiger partial charge in [-0.05, 0) is 223 Å². The van der Waals surface area contributed by atoms with E-state index in [2.05, 4.69) is 124 Å². The monoisotopic (exact) mass is 1900 g/mol. The lowest BCUT2D eigenvalue weighted by Gasteiger charge is -2.21. The minimum absolute atomic E-state index is 0.180. The number of thiocarbonyl (C=S) groups is 3. The number of hydrogen-bond donors (Lipinski definition) is 9. The van der Waals surface area contributed by atoms with Crippen molar-refractivity contribution < 1.29 is 50.2 Å². The number of methoxy groups -OCH3 is 2. The van der Waals surface area contributed by atoms with E-state index in [1.807, 2.05) is 232 Å². The van der Waals surface area contributed by atoms with E-state index >= 15 is 26.3 Å². The Labute approximate surface area is 817 Å². The van der Waals surface area contributed by atoms with Gasteiger partial charge < -0.3 is 58.6 Å². The van der Waals surface area contributed by atoms with Gasteiger partial charge in [0, 0.05) is 62.5 Å². The van der Waals surface area contributed by atoms with Crippen molar-refractivity contribution in [3.63, 3.8) is 0 Å². The number of hydrogen-bond acceptors (Lipinski definition) is 8. The van der Waals surface area contributed by atoms with E-state index < -0.39 is 86.3 Å². The van der Waals surface area contributed by atoms with Crippen molar-refractivity contribution in [3.8, 4) is 82.5 Å². The molecule has 0 saturated carbocycles. The fourth-order valence-electron chi connectivity index (χ4n) is 13.9. The minimum Gasteiger partial charge on any atom is -0.497 e. The highest BCUT2D eigenvalue weighted by atomic mass is 32.1. The summed E-state index contributed by atoms with van der Waals surface area (Å²) in [5.74, 6) is 25.9. The molecule has 0 radical (unpaired) electrons. The first-order chi connectivity index (χ1) is 64.1. The lowest BCUT2D eigenvalue weighted by atomic mass is 9.84. The SMILES string of the molecule is CC(C)(C)c1ccc(CC(N)=O)c(C#Cc2c(F)c(C#Cc3cc(C(C)(C)C)ccc3NC(N)=O)c(F)c(C#Cc3cc(C(C)(C)C)ccc3NC(N)=O)c2F)c1.COc1ccc(CC(=S)Cc2ccc(C(C)(C)C)cc2C#Cc2c(F)c(C#Cc3cc(C(C)(C)C)ccc3NC(=S)Nc3ccc(C)cc3)c(F)c(C#Cc3cc(C(C)(C)C)ccc3NC(=S)Nc3ccc(OC)cc3)c2F)cc1. The van der Waals surface area contributed by atoms with Crippen molar-refractivity contribution in [2.45, 2.75) is 183 Å². The smallest absolute Gasteiger partial charge is 0.316 e. The maximum atomic E-state index is 17.4. The molecule has 0 spiro atoms. The topological polar surface area (TPSA) is 220 Å². The summed E-state index contributed by atoms with van der Waals surface area (Å²) >= 11 is 17.4. The molecule has 137 heavy (non-hydrogen) atoms. The first kappa shape index (κ1) is 105. The third-order valence-corrected chi connectivity index (χ3v) is 22.7. The molecule has 0 aliphatic heterocycles. The summed E-state index contributed by atoms with van der Waals surface area (Å²) in [5.41, 5.74) is 22.6. The van der Waals surface area contributed by atoms with E-state index in [1.165, 1.54) is 0 Å². The molecule has 0 atom stereocenters. The lowest BCUT2D eigenvalue weighted by molar-refractivity contribution is -0.117. The molecule has 23 heteroatoms. The Balaban J connectivity index is 0.000000300. The van der Waals surface area contributed by atoms with Crippen LogP contribution in [0.15, 0.2) is 182 Å².